The first-order valence-corrected chi connectivity index (χ1v) is 14.6. The highest BCUT2D eigenvalue weighted by atomic mass is 16.4. The molecule has 0 aliphatic heterocycles. The van der Waals surface area contributed by atoms with E-state index in [1.807, 2.05) is 0 Å². The second-order valence-electron chi connectivity index (χ2n) is 10.6. The standard InChI is InChI=1S/C30H44N8O7/c31-14-2-1-4-23(27(42)37-24(29(44)45)5-3-15-35-30(33)34)36-28(43)25(17-19-8-12-21(40)13-9-19)38-26(41)22(32)16-18-6-10-20(39)11-7-18/h6-13,22-25,39-40H,1-5,14-17,31-32H2,(H,36,43)(H,37,42)(H,38,41)(H,44,45)(H4,33,34,35). The maximum Gasteiger partial charge on any atom is 0.326 e. The molecule has 246 valence electrons. The predicted octanol–water partition coefficient (Wildman–Crippen LogP) is -1.07. The zero-order chi connectivity index (χ0) is 33.4. The van der Waals surface area contributed by atoms with Crippen LogP contribution in [0.25, 0.3) is 0 Å². The lowest BCUT2D eigenvalue weighted by Crippen LogP contribution is -2.57. The number of aliphatic imine (C=N–C) groups is 1. The van der Waals surface area contributed by atoms with Crippen molar-refractivity contribution >= 4 is 29.7 Å². The van der Waals surface area contributed by atoms with Crippen LogP contribution in [0.2, 0.25) is 0 Å². The number of aromatic hydroxyl groups is 2. The van der Waals surface area contributed by atoms with Crippen molar-refractivity contribution in [2.24, 2.45) is 27.9 Å². The first-order valence-electron chi connectivity index (χ1n) is 14.6. The predicted molar refractivity (Wildman–Crippen MR) is 168 cm³/mol. The number of carboxylic acid groups (broad SMARTS) is 1. The van der Waals surface area contributed by atoms with Gasteiger partial charge < -0.3 is 54.2 Å². The van der Waals surface area contributed by atoms with Crippen molar-refractivity contribution in [3.8, 4) is 11.5 Å². The van der Waals surface area contributed by atoms with E-state index in [4.69, 9.17) is 22.9 Å². The number of carboxylic acids is 1. The van der Waals surface area contributed by atoms with E-state index >= 15 is 0 Å². The summed E-state index contributed by atoms with van der Waals surface area (Å²) < 4.78 is 0. The third-order valence-corrected chi connectivity index (χ3v) is 6.88. The van der Waals surface area contributed by atoms with Gasteiger partial charge in [-0.2, -0.15) is 0 Å². The molecule has 0 aromatic heterocycles. The maximum atomic E-state index is 13.6. The number of aliphatic carboxylic acids is 1. The zero-order valence-corrected chi connectivity index (χ0v) is 25.0. The van der Waals surface area contributed by atoms with E-state index in [2.05, 4.69) is 20.9 Å². The lowest BCUT2D eigenvalue weighted by atomic mass is 10.0. The smallest absolute Gasteiger partial charge is 0.326 e. The number of hydrogen-bond acceptors (Lipinski definition) is 9. The number of nitrogens with zero attached hydrogens (tertiary/aromatic N) is 1. The number of benzene rings is 2. The van der Waals surface area contributed by atoms with Crippen LogP contribution in [-0.2, 0) is 32.0 Å². The fraction of sp³-hybridized carbons (Fsp3) is 0.433. The van der Waals surface area contributed by atoms with Crippen LogP contribution in [0.5, 0.6) is 11.5 Å². The largest absolute Gasteiger partial charge is 0.508 e. The van der Waals surface area contributed by atoms with Gasteiger partial charge in [-0.05, 0) is 80.5 Å². The Morgan fingerprint density at radius 3 is 1.71 bits per heavy atom. The van der Waals surface area contributed by atoms with Crippen molar-refractivity contribution in [3.63, 3.8) is 0 Å². The van der Waals surface area contributed by atoms with Crippen molar-refractivity contribution in [1.82, 2.24) is 16.0 Å². The van der Waals surface area contributed by atoms with E-state index in [-0.39, 0.29) is 56.1 Å². The quantitative estimate of drug-likeness (QED) is 0.0508. The molecule has 0 fully saturated rings. The van der Waals surface area contributed by atoms with Gasteiger partial charge in [0.1, 0.15) is 29.6 Å². The lowest BCUT2D eigenvalue weighted by Gasteiger charge is -2.25. The van der Waals surface area contributed by atoms with Crippen LogP contribution in [0, 0.1) is 0 Å². The van der Waals surface area contributed by atoms with Crippen LogP contribution in [0.4, 0.5) is 0 Å². The van der Waals surface area contributed by atoms with E-state index in [1.54, 1.807) is 24.3 Å². The Kier molecular flexibility index (Phi) is 15.1. The normalized spacial score (nSPS) is 13.5. The number of nitrogens with one attached hydrogen (secondary N) is 3. The molecule has 0 spiro atoms. The van der Waals surface area contributed by atoms with Crippen LogP contribution in [0.1, 0.15) is 43.2 Å². The summed E-state index contributed by atoms with van der Waals surface area (Å²) in [6.45, 7) is 0.523. The molecule has 0 bridgehead atoms. The topological polar surface area (TPSA) is 282 Å². The molecule has 4 atom stereocenters. The highest BCUT2D eigenvalue weighted by Crippen LogP contribution is 2.14. The van der Waals surface area contributed by atoms with Gasteiger partial charge in [-0.3, -0.25) is 19.4 Å². The maximum absolute atomic E-state index is 13.6. The lowest BCUT2D eigenvalue weighted by molar-refractivity contribution is -0.142. The Balaban J connectivity index is 2.21. The van der Waals surface area contributed by atoms with Crippen LogP contribution >= 0.6 is 0 Å². The zero-order valence-electron chi connectivity index (χ0n) is 25.0. The van der Waals surface area contributed by atoms with Gasteiger partial charge >= 0.3 is 5.97 Å². The summed E-state index contributed by atoms with van der Waals surface area (Å²) in [6, 6.07) is 7.63. The van der Waals surface area contributed by atoms with Crippen molar-refractivity contribution in [1.29, 1.82) is 0 Å². The van der Waals surface area contributed by atoms with E-state index in [9.17, 15) is 34.5 Å². The molecule has 14 N–H and O–H groups in total. The van der Waals surface area contributed by atoms with Crippen LogP contribution in [-0.4, -0.2) is 82.2 Å². The third-order valence-electron chi connectivity index (χ3n) is 6.88. The number of carbonyl (C=O) groups excluding carboxylic acids is 3. The van der Waals surface area contributed by atoms with Gasteiger partial charge in [-0.15, -0.1) is 0 Å². The van der Waals surface area contributed by atoms with E-state index < -0.39 is 47.9 Å². The van der Waals surface area contributed by atoms with Gasteiger partial charge in [-0.1, -0.05) is 24.3 Å². The molecule has 0 aliphatic rings. The van der Waals surface area contributed by atoms with E-state index in [1.165, 1.54) is 24.3 Å². The third kappa shape index (κ3) is 13.5. The summed E-state index contributed by atoms with van der Waals surface area (Å²) in [4.78, 5) is 55.6. The monoisotopic (exact) mass is 628 g/mol. The molecule has 45 heavy (non-hydrogen) atoms. The number of nitrogens with two attached hydrogens (primary N) is 4. The fourth-order valence-corrected chi connectivity index (χ4v) is 4.40. The van der Waals surface area contributed by atoms with Crippen molar-refractivity contribution in [2.45, 2.75) is 69.1 Å². The highest BCUT2D eigenvalue weighted by Gasteiger charge is 2.30. The molecular weight excluding hydrogens is 584 g/mol. The number of hydrogen-bond donors (Lipinski definition) is 10. The van der Waals surface area contributed by atoms with Gasteiger partial charge in [0, 0.05) is 13.0 Å². The first kappa shape index (κ1) is 36.3. The molecule has 0 radical (unpaired) electrons. The summed E-state index contributed by atoms with van der Waals surface area (Å²) in [7, 11) is 0. The second kappa shape index (κ2) is 18.7. The van der Waals surface area contributed by atoms with Gasteiger partial charge in [0.15, 0.2) is 5.96 Å². The summed E-state index contributed by atoms with van der Waals surface area (Å²) in [6.07, 6.45) is 1.64. The Hall–Kier alpha value is -4.89. The molecule has 15 nitrogen and oxygen atoms in total. The van der Waals surface area contributed by atoms with Gasteiger partial charge in [0.25, 0.3) is 0 Å². The number of rotatable bonds is 19. The molecule has 15 heteroatoms. The molecule has 0 saturated carbocycles. The fourth-order valence-electron chi connectivity index (χ4n) is 4.40. The van der Waals surface area contributed by atoms with E-state index in [0.29, 0.717) is 30.5 Å². The average Bonchev–Trinajstić information content (AvgIpc) is 2.99. The number of phenols is 2. The van der Waals surface area contributed by atoms with Crippen molar-refractivity contribution in [2.75, 3.05) is 13.1 Å². The Morgan fingerprint density at radius 2 is 1.18 bits per heavy atom. The SMILES string of the molecule is NCCCCC(NC(=O)C(Cc1ccc(O)cc1)NC(=O)C(N)Cc1ccc(O)cc1)C(=O)NC(CCCN=C(N)N)C(=O)O. The summed E-state index contributed by atoms with van der Waals surface area (Å²) in [5.74, 6) is -3.35. The van der Waals surface area contributed by atoms with Crippen LogP contribution < -0.4 is 38.9 Å². The number of carbonyl (C=O) groups is 4. The van der Waals surface area contributed by atoms with Crippen molar-refractivity contribution in [3.05, 3.63) is 59.7 Å². The van der Waals surface area contributed by atoms with Crippen LogP contribution in [0.3, 0.4) is 0 Å². The summed E-state index contributed by atoms with van der Waals surface area (Å²) in [5.41, 5.74) is 23.6. The van der Waals surface area contributed by atoms with Gasteiger partial charge in [0.2, 0.25) is 17.7 Å². The molecule has 2 rings (SSSR count). The molecule has 2 aromatic carbocycles. The number of unbranched alkanes of at least 4 members (excludes halogenated alkanes) is 1. The minimum atomic E-state index is -1.26. The van der Waals surface area contributed by atoms with Crippen LogP contribution in [0.15, 0.2) is 53.5 Å². The molecule has 4 unspecified atom stereocenters. The number of guanidine groups is 1. The molecule has 0 aliphatic carbocycles. The second-order valence-corrected chi connectivity index (χ2v) is 10.6. The number of phenolic OH excluding ortho intramolecular Hbond substituents is 2. The molecule has 3 amide bonds. The van der Waals surface area contributed by atoms with Crippen molar-refractivity contribution < 1.29 is 34.5 Å². The summed E-state index contributed by atoms with van der Waals surface area (Å²) in [5, 5.41) is 36.6. The molecule has 2 aromatic rings. The van der Waals surface area contributed by atoms with Gasteiger partial charge in [-0.25, -0.2) is 4.79 Å². The molecular formula is C30H44N8O7. The Morgan fingerprint density at radius 1 is 0.689 bits per heavy atom. The minimum absolute atomic E-state index is 0.00344. The average molecular weight is 629 g/mol. The summed E-state index contributed by atoms with van der Waals surface area (Å²) >= 11 is 0. The number of amides is 3. The first-order chi connectivity index (χ1) is 21.4. The van der Waals surface area contributed by atoms with Gasteiger partial charge in [0.05, 0.1) is 6.04 Å². The Labute approximate surface area is 261 Å². The molecule has 0 heterocycles. The highest BCUT2D eigenvalue weighted by molar-refractivity contribution is 5.94. The molecule has 0 saturated heterocycles. The van der Waals surface area contributed by atoms with E-state index in [0.717, 1.165) is 0 Å². The minimum Gasteiger partial charge on any atom is -0.508 e. The Bertz CT molecular complexity index is 1280.